The topological polar surface area (TPSA) is 54.5 Å². The van der Waals surface area contributed by atoms with E-state index < -0.39 is 0 Å². The van der Waals surface area contributed by atoms with Crippen molar-refractivity contribution in [2.45, 2.75) is 25.9 Å². The van der Waals surface area contributed by atoms with Gasteiger partial charge in [-0.3, -0.25) is 9.69 Å². The lowest BCUT2D eigenvalue weighted by molar-refractivity contribution is -0.132. The molecule has 1 aliphatic rings. The molecule has 0 aromatic carbocycles. The van der Waals surface area contributed by atoms with E-state index in [0.29, 0.717) is 31.5 Å². The van der Waals surface area contributed by atoms with E-state index >= 15 is 0 Å². The third-order valence-electron chi connectivity index (χ3n) is 3.30. The Morgan fingerprint density at radius 1 is 1.65 bits per heavy atom. The fourth-order valence-electron chi connectivity index (χ4n) is 2.19. The summed E-state index contributed by atoms with van der Waals surface area (Å²) in [5.41, 5.74) is 0.935. The first-order chi connectivity index (χ1) is 9.72. The summed E-state index contributed by atoms with van der Waals surface area (Å²) in [4.78, 5) is 18.3. The van der Waals surface area contributed by atoms with Crippen LogP contribution in [0.5, 0.6) is 0 Å². The minimum atomic E-state index is -0.258. The number of nitrogens with zero attached hydrogens (tertiary/aromatic N) is 2. The number of pyridine rings is 1. The van der Waals surface area contributed by atoms with Gasteiger partial charge in [0, 0.05) is 31.4 Å². The molecule has 1 saturated heterocycles. The van der Waals surface area contributed by atoms with Gasteiger partial charge < -0.3 is 10.1 Å². The average Bonchev–Trinajstić information content (AvgIpc) is 2.48. The average molecular weight is 298 g/mol. The number of amides is 1. The van der Waals surface area contributed by atoms with Gasteiger partial charge in [-0.1, -0.05) is 24.6 Å². The first-order valence-corrected chi connectivity index (χ1v) is 7.29. The monoisotopic (exact) mass is 297 g/mol. The summed E-state index contributed by atoms with van der Waals surface area (Å²) in [5.74, 6) is 0.0200. The molecule has 0 saturated carbocycles. The van der Waals surface area contributed by atoms with Crippen molar-refractivity contribution in [3.8, 4) is 0 Å². The highest BCUT2D eigenvalue weighted by molar-refractivity contribution is 6.30. The predicted molar refractivity (Wildman–Crippen MR) is 77.6 cm³/mol. The number of carbonyl (C=O) groups excluding carboxylic acids is 1. The molecule has 1 atom stereocenters. The van der Waals surface area contributed by atoms with Gasteiger partial charge in [-0.15, -0.1) is 0 Å². The van der Waals surface area contributed by atoms with Crippen molar-refractivity contribution in [2.75, 3.05) is 26.3 Å². The maximum absolute atomic E-state index is 12.2. The van der Waals surface area contributed by atoms with Crippen LogP contribution in [0.3, 0.4) is 0 Å². The van der Waals surface area contributed by atoms with Crippen LogP contribution >= 0.6 is 11.6 Å². The number of morpholine rings is 1. The lowest BCUT2D eigenvalue weighted by Gasteiger charge is -2.34. The zero-order valence-electron chi connectivity index (χ0n) is 11.6. The summed E-state index contributed by atoms with van der Waals surface area (Å²) in [6.45, 7) is 5.11. The first-order valence-electron chi connectivity index (χ1n) is 6.91. The molecule has 1 fully saturated rings. The van der Waals surface area contributed by atoms with Crippen LogP contribution in [-0.2, 0) is 16.1 Å². The normalized spacial score (nSPS) is 19.8. The van der Waals surface area contributed by atoms with E-state index in [-0.39, 0.29) is 11.9 Å². The molecule has 20 heavy (non-hydrogen) atoms. The quantitative estimate of drug-likeness (QED) is 0.836. The van der Waals surface area contributed by atoms with Crippen LogP contribution in [0.2, 0.25) is 5.15 Å². The van der Waals surface area contributed by atoms with Gasteiger partial charge in [0.2, 0.25) is 5.91 Å². The Kier molecular flexibility index (Phi) is 5.76. The highest BCUT2D eigenvalue weighted by Crippen LogP contribution is 2.17. The molecule has 2 heterocycles. The van der Waals surface area contributed by atoms with Gasteiger partial charge in [-0.25, -0.2) is 4.98 Å². The standard InChI is InChI=1S/C14H20ClN3O2/c1-2-5-17-14(19)12-10-20-8-7-18(12)9-11-4-3-6-16-13(11)15/h3-4,6,12H,2,5,7-10H2,1H3,(H,17,19). The van der Waals surface area contributed by atoms with Crippen LogP contribution in [0.4, 0.5) is 0 Å². The number of aromatic nitrogens is 1. The number of hydrogen-bond acceptors (Lipinski definition) is 4. The van der Waals surface area contributed by atoms with Crippen molar-refractivity contribution >= 4 is 17.5 Å². The molecule has 1 unspecified atom stereocenters. The van der Waals surface area contributed by atoms with E-state index in [1.807, 2.05) is 19.1 Å². The Labute approximate surface area is 124 Å². The summed E-state index contributed by atoms with van der Waals surface area (Å²) in [5, 5.41) is 3.42. The smallest absolute Gasteiger partial charge is 0.239 e. The molecule has 1 aromatic rings. The summed E-state index contributed by atoms with van der Waals surface area (Å²) >= 11 is 6.08. The van der Waals surface area contributed by atoms with Crippen molar-refractivity contribution in [1.82, 2.24) is 15.2 Å². The van der Waals surface area contributed by atoms with Crippen LogP contribution in [-0.4, -0.2) is 48.1 Å². The highest BCUT2D eigenvalue weighted by atomic mass is 35.5. The van der Waals surface area contributed by atoms with Crippen LogP contribution in [0, 0.1) is 0 Å². The van der Waals surface area contributed by atoms with E-state index in [1.54, 1.807) is 6.20 Å². The molecule has 6 heteroatoms. The van der Waals surface area contributed by atoms with Gasteiger partial charge in [0.1, 0.15) is 11.2 Å². The van der Waals surface area contributed by atoms with E-state index in [0.717, 1.165) is 18.5 Å². The number of halogens is 1. The molecule has 2 rings (SSSR count). The summed E-state index contributed by atoms with van der Waals surface area (Å²) in [6, 6.07) is 3.53. The fraction of sp³-hybridized carbons (Fsp3) is 0.571. The van der Waals surface area contributed by atoms with Crippen molar-refractivity contribution < 1.29 is 9.53 Å². The van der Waals surface area contributed by atoms with E-state index in [4.69, 9.17) is 16.3 Å². The molecule has 1 aliphatic heterocycles. The van der Waals surface area contributed by atoms with Gasteiger partial charge in [0.05, 0.1) is 13.2 Å². The molecular formula is C14H20ClN3O2. The fourth-order valence-corrected chi connectivity index (χ4v) is 2.37. The van der Waals surface area contributed by atoms with Crippen molar-refractivity contribution in [3.63, 3.8) is 0 Å². The molecule has 0 radical (unpaired) electrons. The summed E-state index contributed by atoms with van der Waals surface area (Å²) in [6.07, 6.45) is 2.59. The number of nitrogens with one attached hydrogen (secondary N) is 1. The number of rotatable bonds is 5. The van der Waals surface area contributed by atoms with Crippen LogP contribution in [0.15, 0.2) is 18.3 Å². The Balaban J connectivity index is 2.03. The van der Waals surface area contributed by atoms with E-state index in [2.05, 4.69) is 15.2 Å². The van der Waals surface area contributed by atoms with Crippen LogP contribution < -0.4 is 5.32 Å². The largest absolute Gasteiger partial charge is 0.378 e. The molecule has 1 aromatic heterocycles. The Hall–Kier alpha value is -1.17. The second-order valence-corrected chi connectivity index (χ2v) is 5.16. The van der Waals surface area contributed by atoms with Gasteiger partial charge in [-0.2, -0.15) is 0 Å². The Morgan fingerprint density at radius 3 is 3.25 bits per heavy atom. The van der Waals surface area contributed by atoms with Crippen LogP contribution in [0.25, 0.3) is 0 Å². The third kappa shape index (κ3) is 3.91. The van der Waals surface area contributed by atoms with Gasteiger partial charge in [-0.05, 0) is 12.5 Å². The maximum atomic E-state index is 12.2. The second kappa shape index (κ2) is 7.57. The lowest BCUT2D eigenvalue weighted by Crippen LogP contribution is -2.53. The molecule has 1 N–H and O–H groups in total. The maximum Gasteiger partial charge on any atom is 0.239 e. The molecule has 110 valence electrons. The van der Waals surface area contributed by atoms with Crippen molar-refractivity contribution in [3.05, 3.63) is 29.0 Å². The second-order valence-electron chi connectivity index (χ2n) is 4.81. The van der Waals surface area contributed by atoms with Gasteiger partial charge in [0.25, 0.3) is 0 Å². The highest BCUT2D eigenvalue weighted by Gasteiger charge is 2.29. The molecule has 0 spiro atoms. The third-order valence-corrected chi connectivity index (χ3v) is 3.64. The molecule has 0 bridgehead atoms. The Bertz CT molecular complexity index is 456. The minimum Gasteiger partial charge on any atom is -0.378 e. The number of carbonyl (C=O) groups is 1. The zero-order chi connectivity index (χ0) is 14.4. The minimum absolute atomic E-state index is 0.0200. The summed E-state index contributed by atoms with van der Waals surface area (Å²) in [7, 11) is 0. The van der Waals surface area contributed by atoms with Gasteiger partial charge >= 0.3 is 0 Å². The van der Waals surface area contributed by atoms with E-state index in [1.165, 1.54) is 0 Å². The number of hydrogen-bond donors (Lipinski definition) is 1. The van der Waals surface area contributed by atoms with Crippen LogP contribution in [0.1, 0.15) is 18.9 Å². The van der Waals surface area contributed by atoms with E-state index in [9.17, 15) is 4.79 Å². The molecule has 5 nitrogen and oxygen atoms in total. The van der Waals surface area contributed by atoms with Crippen molar-refractivity contribution in [2.24, 2.45) is 0 Å². The predicted octanol–water partition coefficient (Wildman–Crippen LogP) is 1.46. The summed E-state index contributed by atoms with van der Waals surface area (Å²) < 4.78 is 5.43. The Morgan fingerprint density at radius 2 is 2.50 bits per heavy atom. The number of ether oxygens (including phenoxy) is 1. The lowest BCUT2D eigenvalue weighted by atomic mass is 10.1. The SMILES string of the molecule is CCCNC(=O)C1COCCN1Cc1cccnc1Cl. The van der Waals surface area contributed by atoms with Crippen molar-refractivity contribution in [1.29, 1.82) is 0 Å². The molecule has 0 aliphatic carbocycles. The molecular weight excluding hydrogens is 278 g/mol. The molecule has 1 amide bonds. The van der Waals surface area contributed by atoms with Gasteiger partial charge in [0.15, 0.2) is 0 Å². The first kappa shape index (κ1) is 15.2. The zero-order valence-corrected chi connectivity index (χ0v) is 12.4.